The summed E-state index contributed by atoms with van der Waals surface area (Å²) in [6, 6.07) is 13.7. The van der Waals surface area contributed by atoms with Crippen molar-refractivity contribution in [2.75, 3.05) is 25.5 Å². The van der Waals surface area contributed by atoms with Gasteiger partial charge in [0.15, 0.2) is 6.10 Å². The number of nitrogens with one attached hydrogen (secondary N) is 1. The van der Waals surface area contributed by atoms with E-state index in [0.717, 1.165) is 5.56 Å². The Labute approximate surface area is 201 Å². The Hall–Kier alpha value is -2.91. The number of hydrogen-bond donors (Lipinski definition) is 1. The number of benzene rings is 2. The van der Waals surface area contributed by atoms with Gasteiger partial charge in [0, 0.05) is 18.8 Å². The van der Waals surface area contributed by atoms with E-state index in [1.54, 1.807) is 43.5 Å². The minimum Gasteiger partial charge on any atom is -0.497 e. The van der Waals surface area contributed by atoms with E-state index in [9.17, 15) is 18.0 Å². The molecule has 1 amide bonds. The van der Waals surface area contributed by atoms with Crippen molar-refractivity contribution in [1.29, 1.82) is 0 Å². The summed E-state index contributed by atoms with van der Waals surface area (Å²) >= 11 is 0. The standard InChI is InChI=1S/C25H32N2O6S/c1-17(2)19-5-11-23(12-6-19)34(30,31)27-15-13-20(14-16-27)25(29)33-18(3)24(28)26-21-7-9-22(32-4)10-8-21/h5-12,17-18,20H,13-16H2,1-4H3,(H,26,28). The van der Waals surface area contributed by atoms with Gasteiger partial charge in [0.2, 0.25) is 10.0 Å². The zero-order chi connectivity index (χ0) is 24.9. The maximum atomic E-state index is 13.0. The quantitative estimate of drug-likeness (QED) is 0.567. The van der Waals surface area contributed by atoms with Crippen LogP contribution in [-0.4, -0.2) is 50.9 Å². The Kier molecular flexibility index (Phi) is 8.33. The summed E-state index contributed by atoms with van der Waals surface area (Å²) in [5.41, 5.74) is 1.64. The van der Waals surface area contributed by atoms with Crippen LogP contribution in [0.2, 0.25) is 0 Å². The van der Waals surface area contributed by atoms with Crippen molar-refractivity contribution in [3.63, 3.8) is 0 Å². The first kappa shape index (κ1) is 25.7. The maximum Gasteiger partial charge on any atom is 0.309 e. The Morgan fingerprint density at radius 1 is 0.971 bits per heavy atom. The van der Waals surface area contributed by atoms with Crippen molar-refractivity contribution < 1.29 is 27.5 Å². The third-order valence-corrected chi connectivity index (χ3v) is 7.90. The number of carbonyl (C=O) groups is 2. The molecule has 1 aliphatic heterocycles. The second kappa shape index (κ2) is 11.0. The Bertz CT molecular complexity index is 1090. The molecule has 0 aliphatic carbocycles. The summed E-state index contributed by atoms with van der Waals surface area (Å²) in [4.78, 5) is 25.2. The molecule has 3 rings (SSSR count). The van der Waals surface area contributed by atoms with Gasteiger partial charge in [-0.25, -0.2) is 8.42 Å². The van der Waals surface area contributed by atoms with E-state index >= 15 is 0 Å². The molecular formula is C25H32N2O6S. The van der Waals surface area contributed by atoms with Crippen molar-refractivity contribution in [3.8, 4) is 5.75 Å². The summed E-state index contributed by atoms with van der Waals surface area (Å²) in [7, 11) is -2.07. The fourth-order valence-electron chi connectivity index (χ4n) is 3.75. The zero-order valence-electron chi connectivity index (χ0n) is 20.0. The van der Waals surface area contributed by atoms with Crippen LogP contribution in [-0.2, 0) is 24.3 Å². The highest BCUT2D eigenvalue weighted by atomic mass is 32.2. The van der Waals surface area contributed by atoms with Crippen LogP contribution in [0.15, 0.2) is 53.4 Å². The van der Waals surface area contributed by atoms with Crippen LogP contribution < -0.4 is 10.1 Å². The van der Waals surface area contributed by atoms with Gasteiger partial charge in [0.25, 0.3) is 5.91 Å². The van der Waals surface area contributed by atoms with Crippen LogP contribution >= 0.6 is 0 Å². The predicted octanol–water partition coefficient (Wildman–Crippen LogP) is 3.79. The summed E-state index contributed by atoms with van der Waals surface area (Å²) in [6.07, 6.45) is -0.292. The van der Waals surface area contributed by atoms with Crippen LogP contribution in [0.3, 0.4) is 0 Å². The topological polar surface area (TPSA) is 102 Å². The van der Waals surface area contributed by atoms with Crippen molar-refractivity contribution in [2.45, 2.75) is 50.5 Å². The predicted molar refractivity (Wildman–Crippen MR) is 129 cm³/mol. The zero-order valence-corrected chi connectivity index (χ0v) is 20.8. The van der Waals surface area contributed by atoms with Crippen molar-refractivity contribution >= 4 is 27.6 Å². The average molecular weight is 489 g/mol. The fraction of sp³-hybridized carbons (Fsp3) is 0.440. The van der Waals surface area contributed by atoms with E-state index in [2.05, 4.69) is 19.2 Å². The minimum atomic E-state index is -3.62. The first-order valence-corrected chi connectivity index (χ1v) is 12.8. The van der Waals surface area contributed by atoms with E-state index < -0.39 is 33.9 Å². The second-order valence-corrected chi connectivity index (χ2v) is 10.6. The van der Waals surface area contributed by atoms with Crippen molar-refractivity contribution in [2.24, 2.45) is 5.92 Å². The minimum absolute atomic E-state index is 0.223. The number of methoxy groups -OCH3 is 1. The van der Waals surface area contributed by atoms with E-state index in [1.165, 1.54) is 11.2 Å². The molecule has 1 N–H and O–H groups in total. The van der Waals surface area contributed by atoms with Gasteiger partial charge in [-0.15, -0.1) is 0 Å². The molecule has 8 nitrogen and oxygen atoms in total. The number of nitrogens with zero attached hydrogens (tertiary/aromatic N) is 1. The van der Waals surface area contributed by atoms with Crippen LogP contribution in [0.1, 0.15) is 45.1 Å². The molecule has 0 spiro atoms. The van der Waals surface area contributed by atoms with Gasteiger partial charge >= 0.3 is 5.97 Å². The lowest BCUT2D eigenvalue weighted by atomic mass is 9.98. The first-order chi connectivity index (χ1) is 16.1. The molecular weight excluding hydrogens is 456 g/mol. The molecule has 0 radical (unpaired) electrons. The van der Waals surface area contributed by atoms with Crippen LogP contribution in [0.5, 0.6) is 5.75 Å². The fourth-order valence-corrected chi connectivity index (χ4v) is 5.22. The van der Waals surface area contributed by atoms with E-state index in [4.69, 9.17) is 9.47 Å². The molecule has 2 aromatic carbocycles. The summed E-state index contributed by atoms with van der Waals surface area (Å²) in [5, 5.41) is 2.70. The number of ether oxygens (including phenoxy) is 2. The number of rotatable bonds is 8. The third-order valence-electron chi connectivity index (χ3n) is 5.99. The molecule has 1 heterocycles. The smallest absolute Gasteiger partial charge is 0.309 e. The Morgan fingerprint density at radius 2 is 1.56 bits per heavy atom. The number of piperidine rings is 1. The molecule has 0 saturated carbocycles. The summed E-state index contributed by atoms with van der Waals surface area (Å²) < 4.78 is 37.8. The molecule has 0 aromatic heterocycles. The van der Waals surface area contributed by atoms with Gasteiger partial charge < -0.3 is 14.8 Å². The molecule has 1 atom stereocenters. The third kappa shape index (κ3) is 6.15. The highest BCUT2D eigenvalue weighted by molar-refractivity contribution is 7.89. The van der Waals surface area contributed by atoms with E-state index in [0.29, 0.717) is 30.2 Å². The molecule has 34 heavy (non-hydrogen) atoms. The van der Waals surface area contributed by atoms with E-state index in [-0.39, 0.29) is 18.0 Å². The van der Waals surface area contributed by atoms with Gasteiger partial charge in [0.1, 0.15) is 5.75 Å². The van der Waals surface area contributed by atoms with Crippen molar-refractivity contribution in [3.05, 3.63) is 54.1 Å². The SMILES string of the molecule is COc1ccc(NC(=O)C(C)OC(=O)C2CCN(S(=O)(=O)c3ccc(C(C)C)cc3)CC2)cc1. The lowest BCUT2D eigenvalue weighted by molar-refractivity contribution is -0.158. The van der Waals surface area contributed by atoms with Crippen LogP contribution in [0, 0.1) is 5.92 Å². The van der Waals surface area contributed by atoms with E-state index in [1.807, 2.05) is 12.1 Å². The molecule has 1 unspecified atom stereocenters. The number of sulfonamides is 1. The number of amides is 1. The number of anilines is 1. The molecule has 184 valence electrons. The Balaban J connectivity index is 1.51. The number of esters is 1. The Morgan fingerprint density at radius 3 is 2.09 bits per heavy atom. The van der Waals surface area contributed by atoms with Gasteiger partial charge in [-0.2, -0.15) is 4.31 Å². The van der Waals surface area contributed by atoms with Gasteiger partial charge in [0.05, 0.1) is 17.9 Å². The van der Waals surface area contributed by atoms with Gasteiger partial charge in [-0.05, 0) is 67.6 Å². The van der Waals surface area contributed by atoms with Crippen LogP contribution in [0.4, 0.5) is 5.69 Å². The van der Waals surface area contributed by atoms with Gasteiger partial charge in [-0.3, -0.25) is 9.59 Å². The molecule has 1 saturated heterocycles. The normalized spacial score (nSPS) is 16.1. The van der Waals surface area contributed by atoms with Crippen molar-refractivity contribution in [1.82, 2.24) is 4.31 Å². The number of carbonyl (C=O) groups excluding carboxylic acids is 2. The largest absolute Gasteiger partial charge is 0.497 e. The molecule has 1 fully saturated rings. The van der Waals surface area contributed by atoms with Gasteiger partial charge in [-0.1, -0.05) is 26.0 Å². The van der Waals surface area contributed by atoms with Crippen LogP contribution in [0.25, 0.3) is 0 Å². The number of hydrogen-bond acceptors (Lipinski definition) is 6. The lowest BCUT2D eigenvalue weighted by Gasteiger charge is -2.30. The highest BCUT2D eigenvalue weighted by Gasteiger charge is 2.34. The average Bonchev–Trinajstić information content (AvgIpc) is 2.84. The molecule has 0 bridgehead atoms. The molecule has 1 aliphatic rings. The summed E-state index contributed by atoms with van der Waals surface area (Å²) in [6.45, 7) is 6.06. The maximum absolute atomic E-state index is 13.0. The second-order valence-electron chi connectivity index (χ2n) is 8.70. The first-order valence-electron chi connectivity index (χ1n) is 11.4. The lowest BCUT2D eigenvalue weighted by Crippen LogP contribution is -2.41. The monoisotopic (exact) mass is 488 g/mol. The molecule has 2 aromatic rings. The highest BCUT2D eigenvalue weighted by Crippen LogP contribution is 2.26. The molecule has 9 heteroatoms. The summed E-state index contributed by atoms with van der Waals surface area (Å²) in [5.74, 6) is -0.400.